The fourth-order valence-corrected chi connectivity index (χ4v) is 5.48. The number of sulfone groups is 1. The van der Waals surface area contributed by atoms with E-state index in [4.69, 9.17) is 0 Å². The molecule has 1 aliphatic rings. The molecule has 1 aliphatic heterocycles. The summed E-state index contributed by atoms with van der Waals surface area (Å²) in [6.45, 7) is 0.970. The molecule has 25 heavy (non-hydrogen) atoms. The van der Waals surface area contributed by atoms with Crippen LogP contribution in [0.1, 0.15) is 11.1 Å². The van der Waals surface area contributed by atoms with Crippen LogP contribution in [0.4, 0.5) is 0 Å². The van der Waals surface area contributed by atoms with Crippen LogP contribution in [0.5, 0.6) is 0 Å². The maximum Gasteiger partial charge on any atom is 0.175 e. The number of nitrogens with zero attached hydrogens (tertiary/aromatic N) is 1. The van der Waals surface area contributed by atoms with Gasteiger partial charge in [-0.25, -0.2) is 8.42 Å². The van der Waals surface area contributed by atoms with Crippen LogP contribution in [-0.4, -0.2) is 46.0 Å². The van der Waals surface area contributed by atoms with Crippen molar-refractivity contribution in [2.75, 3.05) is 32.6 Å². The Morgan fingerprint density at radius 1 is 1.08 bits per heavy atom. The summed E-state index contributed by atoms with van der Waals surface area (Å²) in [4.78, 5) is 5.94. The Morgan fingerprint density at radius 2 is 1.84 bits per heavy atom. The first-order valence-electron chi connectivity index (χ1n) is 7.95. The SMILES string of the molecule is CN(C)CCSC1=Cc2ccccc2Sc2ccc(S(C)(=O)=O)cc21. The largest absolute Gasteiger partial charge is 0.309 e. The lowest BCUT2D eigenvalue weighted by Crippen LogP contribution is -2.14. The third kappa shape index (κ3) is 4.50. The number of fused-ring (bicyclic) bond motifs is 2. The van der Waals surface area contributed by atoms with Crippen LogP contribution in [0.3, 0.4) is 0 Å². The predicted octanol–water partition coefficient (Wildman–Crippen LogP) is 4.35. The summed E-state index contributed by atoms with van der Waals surface area (Å²) in [7, 11) is 0.890. The molecule has 0 bridgehead atoms. The summed E-state index contributed by atoms with van der Waals surface area (Å²) < 4.78 is 24.0. The van der Waals surface area contributed by atoms with Gasteiger partial charge in [-0.2, -0.15) is 0 Å². The van der Waals surface area contributed by atoms with Crippen LogP contribution in [0.25, 0.3) is 11.0 Å². The first-order chi connectivity index (χ1) is 11.8. The van der Waals surface area contributed by atoms with Crippen molar-refractivity contribution in [2.24, 2.45) is 0 Å². The molecule has 0 radical (unpaired) electrons. The standard InChI is InChI=1S/C19H21NO2S3/c1-20(2)10-11-23-19-12-14-6-4-5-7-17(14)24-18-9-8-15(13-16(18)19)25(3,21)22/h4-9,12-13H,10-11H2,1-3H3. The molecule has 0 N–H and O–H groups in total. The van der Waals surface area contributed by atoms with Crippen molar-refractivity contribution in [3.05, 3.63) is 53.6 Å². The molecule has 0 unspecified atom stereocenters. The van der Waals surface area contributed by atoms with Crippen molar-refractivity contribution in [1.82, 2.24) is 4.90 Å². The minimum absolute atomic E-state index is 0.372. The van der Waals surface area contributed by atoms with Gasteiger partial charge in [0.05, 0.1) is 4.90 Å². The summed E-state index contributed by atoms with van der Waals surface area (Å²) in [5.41, 5.74) is 2.19. The molecule has 0 aromatic heterocycles. The second kappa shape index (κ2) is 7.58. The van der Waals surface area contributed by atoms with E-state index in [1.54, 1.807) is 29.6 Å². The Morgan fingerprint density at radius 3 is 2.56 bits per heavy atom. The van der Waals surface area contributed by atoms with E-state index in [-0.39, 0.29) is 0 Å². The fraction of sp³-hybridized carbons (Fsp3) is 0.263. The molecular weight excluding hydrogens is 370 g/mol. The van der Waals surface area contributed by atoms with E-state index in [1.807, 2.05) is 24.3 Å². The number of benzene rings is 2. The third-order valence-electron chi connectivity index (χ3n) is 3.87. The minimum Gasteiger partial charge on any atom is -0.309 e. The molecule has 0 saturated heterocycles. The molecule has 0 amide bonds. The van der Waals surface area contributed by atoms with Gasteiger partial charge in [0.1, 0.15) is 0 Å². The lowest BCUT2D eigenvalue weighted by atomic mass is 10.1. The van der Waals surface area contributed by atoms with Crippen LogP contribution in [-0.2, 0) is 9.84 Å². The zero-order chi connectivity index (χ0) is 18.0. The van der Waals surface area contributed by atoms with Gasteiger partial charge in [-0.3, -0.25) is 0 Å². The maximum absolute atomic E-state index is 12.0. The van der Waals surface area contributed by atoms with Gasteiger partial charge in [0.2, 0.25) is 0 Å². The van der Waals surface area contributed by atoms with Crippen molar-refractivity contribution in [3.8, 4) is 0 Å². The molecule has 0 spiro atoms. The van der Waals surface area contributed by atoms with E-state index in [0.717, 1.165) is 27.7 Å². The number of hydrogen-bond donors (Lipinski definition) is 0. The Kier molecular flexibility index (Phi) is 5.63. The lowest BCUT2D eigenvalue weighted by molar-refractivity contribution is 0.437. The second-order valence-electron chi connectivity index (χ2n) is 6.23. The highest BCUT2D eigenvalue weighted by Crippen LogP contribution is 2.44. The molecule has 0 fully saturated rings. The third-order valence-corrected chi connectivity index (χ3v) is 7.18. The first kappa shape index (κ1) is 18.6. The van der Waals surface area contributed by atoms with Gasteiger partial charge in [-0.15, -0.1) is 11.8 Å². The summed E-state index contributed by atoms with van der Waals surface area (Å²) in [6.07, 6.45) is 3.44. The van der Waals surface area contributed by atoms with Gasteiger partial charge in [-0.05, 0) is 50.0 Å². The van der Waals surface area contributed by atoms with Gasteiger partial charge >= 0.3 is 0 Å². The van der Waals surface area contributed by atoms with E-state index in [1.165, 1.54) is 16.7 Å². The van der Waals surface area contributed by atoms with Crippen LogP contribution in [0.15, 0.2) is 57.2 Å². The van der Waals surface area contributed by atoms with Crippen molar-refractivity contribution < 1.29 is 8.42 Å². The van der Waals surface area contributed by atoms with Gasteiger partial charge in [-0.1, -0.05) is 30.0 Å². The van der Waals surface area contributed by atoms with Crippen molar-refractivity contribution in [1.29, 1.82) is 0 Å². The van der Waals surface area contributed by atoms with Gasteiger partial charge in [0.25, 0.3) is 0 Å². The predicted molar refractivity (Wildman–Crippen MR) is 109 cm³/mol. The summed E-state index contributed by atoms with van der Waals surface area (Å²) >= 11 is 3.47. The number of rotatable bonds is 5. The smallest absolute Gasteiger partial charge is 0.175 e. The van der Waals surface area contributed by atoms with Gasteiger partial charge < -0.3 is 4.90 Å². The summed E-state index contributed by atoms with van der Waals surface area (Å²) in [6, 6.07) is 13.7. The number of hydrogen-bond acceptors (Lipinski definition) is 5. The molecule has 6 heteroatoms. The molecule has 0 atom stereocenters. The zero-order valence-electron chi connectivity index (χ0n) is 14.5. The highest BCUT2D eigenvalue weighted by atomic mass is 32.2. The van der Waals surface area contributed by atoms with E-state index in [2.05, 4.69) is 37.2 Å². The Balaban J connectivity index is 2.08. The van der Waals surface area contributed by atoms with Crippen molar-refractivity contribution >= 4 is 44.3 Å². The summed E-state index contributed by atoms with van der Waals surface area (Å²) in [5, 5.41) is 0. The quantitative estimate of drug-likeness (QED) is 0.758. The molecule has 132 valence electrons. The van der Waals surface area contributed by atoms with Crippen LogP contribution in [0.2, 0.25) is 0 Å². The summed E-state index contributed by atoms with van der Waals surface area (Å²) in [5.74, 6) is 0.953. The maximum atomic E-state index is 12.0. The second-order valence-corrected chi connectivity index (χ2v) is 10.5. The van der Waals surface area contributed by atoms with Crippen molar-refractivity contribution in [3.63, 3.8) is 0 Å². The highest BCUT2D eigenvalue weighted by molar-refractivity contribution is 8.08. The van der Waals surface area contributed by atoms with E-state index >= 15 is 0 Å². The average Bonchev–Trinajstić information content (AvgIpc) is 2.69. The van der Waals surface area contributed by atoms with E-state index in [9.17, 15) is 8.42 Å². The molecular formula is C19H21NO2S3. The average molecular weight is 392 g/mol. The molecule has 1 heterocycles. The fourth-order valence-electron chi connectivity index (χ4n) is 2.51. The minimum atomic E-state index is -3.23. The van der Waals surface area contributed by atoms with Crippen LogP contribution in [0, 0.1) is 0 Å². The van der Waals surface area contributed by atoms with Crippen LogP contribution < -0.4 is 0 Å². The molecule has 2 aromatic rings. The van der Waals surface area contributed by atoms with Gasteiger partial charge in [0.15, 0.2) is 9.84 Å². The molecule has 3 nitrogen and oxygen atoms in total. The lowest BCUT2D eigenvalue weighted by Gasteiger charge is -2.13. The zero-order valence-corrected chi connectivity index (χ0v) is 17.0. The molecule has 0 aliphatic carbocycles. The highest BCUT2D eigenvalue weighted by Gasteiger charge is 2.19. The van der Waals surface area contributed by atoms with E-state index in [0.29, 0.717) is 4.90 Å². The van der Waals surface area contributed by atoms with E-state index < -0.39 is 9.84 Å². The van der Waals surface area contributed by atoms with Crippen LogP contribution >= 0.6 is 23.5 Å². The van der Waals surface area contributed by atoms with Crippen molar-refractivity contribution in [2.45, 2.75) is 14.7 Å². The Labute approximate surface area is 158 Å². The first-order valence-corrected chi connectivity index (χ1v) is 11.6. The number of thioether (sulfide) groups is 1. The van der Waals surface area contributed by atoms with Gasteiger partial charge in [0, 0.05) is 38.8 Å². The molecule has 2 aromatic carbocycles. The molecule has 3 rings (SSSR count). The Bertz CT molecular complexity index is 918. The monoisotopic (exact) mass is 391 g/mol. The normalized spacial score (nSPS) is 13.8. The topological polar surface area (TPSA) is 37.4 Å². The molecule has 0 saturated carbocycles. The Hall–Kier alpha value is -1.21.